The van der Waals surface area contributed by atoms with Crippen LogP contribution in [0.2, 0.25) is 0 Å². The van der Waals surface area contributed by atoms with Gasteiger partial charge >= 0.3 is 0 Å². The second-order valence-corrected chi connectivity index (χ2v) is 37.3. The number of methoxy groups -OCH3 is 7. The third-order valence-electron chi connectivity index (χ3n) is 29.4. The van der Waals surface area contributed by atoms with E-state index < -0.39 is 0 Å². The Kier molecular flexibility index (Phi) is 26.8. The molecule has 0 unspecified atom stereocenters. The lowest BCUT2D eigenvalue weighted by atomic mass is 9.86. The van der Waals surface area contributed by atoms with Gasteiger partial charge in [0.15, 0.2) is 69.0 Å². The molecule has 24 nitrogen and oxygen atoms in total. The van der Waals surface area contributed by atoms with Gasteiger partial charge < -0.3 is 87.1 Å². The number of rotatable bonds is 10. The number of ether oxygens (including phenoxy) is 13. The Morgan fingerprint density at radius 2 is 0.544 bits per heavy atom. The fourth-order valence-electron chi connectivity index (χ4n) is 21.6. The lowest BCUT2D eigenvalue weighted by molar-refractivity contribution is 0.219. The van der Waals surface area contributed by atoms with E-state index in [1.807, 2.05) is 72.8 Å². The summed E-state index contributed by atoms with van der Waals surface area (Å²) in [6.45, 7) is 4.91. The standard InChI is InChI=1S/C38H42N2O6.2C37H40N2O6/c1-39-14-12-25-19-27(22-41)33-21-29(25)30(39)16-23-6-9-28(10-7-23)45-34-18-24(8-11-32(34)42-3)17-31-36-26(13-15-40(31)2)20-35(43-4)37(44-5)38(36)46-33;1-38-13-11-24-18-26(21-40)32-20-28(24)29(38)15-22-5-8-27(9-6-22)44-33-17-23(7-10-31(33)42-3)16-30-35-25(12-14-39(30)2)19-34(43-4)36(41)37(35)45-32;1-38-13-11-24-18-26(21-40)32-20-28(24)29(38)15-22-5-8-27(9-6-22)44-33-17-23(7-10-31(33)41)16-30-35-25(12-14-39(30)2)19-34(42-3)36(43-4)37(35)45-32/h6-11,18-21,30-31,41H,12-17,22H2,1-5H3;2*5-10,17-20,29-30,40-41H,11-16,21H2,1-4H3/t30-,31-;29-,30-;29-,30+/m000/s1. The molecule has 5 N–H and O–H groups in total. The lowest BCUT2D eigenvalue weighted by Crippen LogP contribution is -2.34. The van der Waals surface area contributed by atoms with Gasteiger partial charge in [0.25, 0.3) is 0 Å². The zero-order valence-electron chi connectivity index (χ0n) is 79.9. The summed E-state index contributed by atoms with van der Waals surface area (Å²) in [5.74, 6) is 11.4. The van der Waals surface area contributed by atoms with Crippen molar-refractivity contribution < 1.29 is 87.1 Å². The highest BCUT2D eigenvalue weighted by Crippen LogP contribution is 2.57. The number of hydrogen-bond donors (Lipinski definition) is 5. The highest BCUT2D eigenvalue weighted by molar-refractivity contribution is 5.67. The highest BCUT2D eigenvalue weighted by atomic mass is 16.6. The predicted molar refractivity (Wildman–Crippen MR) is 521 cm³/mol. The molecule has 6 atom stereocenters. The molecular formula is C112H122N6O18. The fourth-order valence-corrected chi connectivity index (χ4v) is 21.6. The van der Waals surface area contributed by atoms with E-state index in [0.29, 0.717) is 123 Å². The van der Waals surface area contributed by atoms with E-state index in [1.165, 1.54) is 50.1 Å². The van der Waals surface area contributed by atoms with Gasteiger partial charge in [0.2, 0.25) is 17.2 Å². The van der Waals surface area contributed by atoms with Crippen LogP contribution >= 0.6 is 0 Å². The van der Waals surface area contributed by atoms with E-state index in [2.05, 4.69) is 175 Å². The van der Waals surface area contributed by atoms with Crippen LogP contribution in [0, 0.1) is 0 Å². The van der Waals surface area contributed by atoms with E-state index in [1.54, 1.807) is 55.8 Å². The molecule has 24 rings (SSSR count). The van der Waals surface area contributed by atoms with Gasteiger partial charge in [0, 0.05) is 109 Å². The Morgan fingerprint density at radius 3 is 0.875 bits per heavy atom. The summed E-state index contributed by atoms with van der Waals surface area (Å²) in [6, 6.07) is 61.4. The zero-order valence-corrected chi connectivity index (χ0v) is 79.9. The van der Waals surface area contributed by atoms with E-state index in [0.717, 1.165) is 170 Å². The molecule has 0 amide bonds. The summed E-state index contributed by atoms with van der Waals surface area (Å²) in [5.41, 5.74) is 22.6. The molecule has 18 bridgehead atoms. The van der Waals surface area contributed by atoms with Crippen molar-refractivity contribution in [1.82, 2.24) is 29.4 Å². The molecule has 136 heavy (non-hydrogen) atoms. The van der Waals surface area contributed by atoms with Crippen LogP contribution in [0.15, 0.2) is 182 Å². The van der Waals surface area contributed by atoms with Gasteiger partial charge in [0.1, 0.15) is 34.5 Å². The van der Waals surface area contributed by atoms with Gasteiger partial charge in [-0.3, -0.25) is 29.4 Å². The minimum absolute atomic E-state index is 0.0212. The van der Waals surface area contributed by atoms with Gasteiger partial charge in [0.05, 0.1) is 69.6 Å². The predicted octanol–water partition coefficient (Wildman–Crippen LogP) is 19.3. The van der Waals surface area contributed by atoms with Crippen LogP contribution in [0.3, 0.4) is 0 Å². The molecule has 0 spiro atoms. The van der Waals surface area contributed by atoms with E-state index in [4.69, 9.17) is 61.6 Å². The molecule has 708 valence electrons. The molecule has 24 heteroatoms. The maximum absolute atomic E-state index is 11.6. The average Bonchev–Trinajstić information content (AvgIpc) is 0.738. The Balaban J connectivity index is 0.000000131. The third kappa shape index (κ3) is 18.2. The van der Waals surface area contributed by atoms with Crippen LogP contribution in [-0.4, -0.2) is 186 Å². The molecule has 0 saturated heterocycles. The fraction of sp³-hybridized carbons (Fsp3) is 0.357. The number of aliphatic hydroxyl groups excluding tert-OH is 3. The minimum Gasteiger partial charge on any atom is -0.504 e. The smallest absolute Gasteiger partial charge is 0.204 e. The number of likely N-dealkylation sites (N-methyl/N-ethyl adjacent to an activating group) is 6. The van der Waals surface area contributed by atoms with Gasteiger partial charge in [-0.05, 0) is 330 Å². The number of nitrogens with zero attached hydrogens (tertiary/aromatic N) is 6. The maximum atomic E-state index is 11.6. The Bertz CT molecular complexity index is 6450. The summed E-state index contributed by atoms with van der Waals surface area (Å²) in [5, 5.41) is 54.0. The molecule has 12 aromatic carbocycles. The van der Waals surface area contributed by atoms with Crippen molar-refractivity contribution in [2.75, 3.05) is 131 Å². The number of phenols is 2. The second-order valence-electron chi connectivity index (χ2n) is 37.3. The number of fused-ring (bicyclic) bond motifs is 6. The van der Waals surface area contributed by atoms with Crippen LogP contribution in [0.4, 0.5) is 0 Å². The largest absolute Gasteiger partial charge is 0.504 e. The number of benzene rings is 12. The molecule has 0 aliphatic carbocycles. The summed E-state index contributed by atoms with van der Waals surface area (Å²) < 4.78 is 80.5. The number of aliphatic hydroxyl groups is 3. The van der Waals surface area contributed by atoms with Crippen molar-refractivity contribution in [2.45, 2.75) is 133 Å². The zero-order chi connectivity index (χ0) is 94.4. The van der Waals surface area contributed by atoms with Crippen molar-refractivity contribution in [3.63, 3.8) is 0 Å². The van der Waals surface area contributed by atoms with Gasteiger partial charge in [-0.15, -0.1) is 0 Å². The lowest BCUT2D eigenvalue weighted by Gasteiger charge is -2.37. The van der Waals surface area contributed by atoms with E-state index >= 15 is 0 Å². The van der Waals surface area contributed by atoms with Gasteiger partial charge in [-0.1, -0.05) is 54.6 Å². The molecule has 12 aliphatic heterocycles. The molecular weight excluding hydrogens is 1720 g/mol. The summed E-state index contributed by atoms with van der Waals surface area (Å²) in [4.78, 5) is 14.2. The van der Waals surface area contributed by atoms with Crippen molar-refractivity contribution in [1.29, 1.82) is 0 Å². The van der Waals surface area contributed by atoms with E-state index in [9.17, 15) is 25.5 Å². The normalized spacial score (nSPS) is 19.4. The molecule has 12 heterocycles. The van der Waals surface area contributed by atoms with Crippen molar-refractivity contribution >= 4 is 0 Å². The van der Waals surface area contributed by atoms with Crippen molar-refractivity contribution in [2.24, 2.45) is 0 Å². The third-order valence-corrected chi connectivity index (χ3v) is 29.4. The monoisotopic (exact) mass is 1840 g/mol. The second kappa shape index (κ2) is 39.5. The molecule has 12 aliphatic rings. The van der Waals surface area contributed by atoms with Crippen molar-refractivity contribution in [3.8, 4) is 121 Å². The minimum atomic E-state index is -0.171. The molecule has 0 aromatic heterocycles. The topological polar surface area (TPSA) is 241 Å². The van der Waals surface area contributed by atoms with Crippen LogP contribution < -0.4 is 61.6 Å². The average molecular weight is 1840 g/mol. The highest BCUT2D eigenvalue weighted by Gasteiger charge is 2.41. The van der Waals surface area contributed by atoms with Gasteiger partial charge in [-0.25, -0.2) is 0 Å². The molecule has 0 radical (unpaired) electrons. The van der Waals surface area contributed by atoms with Gasteiger partial charge in [-0.2, -0.15) is 0 Å². The Labute approximate surface area is 796 Å². The van der Waals surface area contributed by atoms with E-state index in [-0.39, 0.29) is 67.6 Å². The van der Waals surface area contributed by atoms with Crippen LogP contribution in [0.25, 0.3) is 0 Å². The first-order valence-corrected chi connectivity index (χ1v) is 47.1. The number of phenolic OH excluding ortho intramolecular Hbond substituents is 2. The van der Waals surface area contributed by atoms with Crippen molar-refractivity contribution in [3.05, 3.63) is 299 Å². The first-order valence-electron chi connectivity index (χ1n) is 47.1. The summed E-state index contributed by atoms with van der Waals surface area (Å²) in [7, 11) is 24.4. The molecule has 12 aromatic rings. The number of hydrogen-bond acceptors (Lipinski definition) is 24. The van der Waals surface area contributed by atoms with Crippen LogP contribution in [-0.2, 0) is 96.9 Å². The Morgan fingerprint density at radius 1 is 0.265 bits per heavy atom. The molecule has 0 fully saturated rings. The summed E-state index contributed by atoms with van der Waals surface area (Å²) in [6.07, 6.45) is 9.56. The SMILES string of the molecule is COc1cc2c3c(c1OC)Oc1cc4c(cc1CO)CCN(C)[C@H]4Cc1ccc(cc1)Oc1cc(ccc1O)C[C@H]3N(C)CC2.COc1ccc2cc1Oc1ccc(cc1)C[C@H]1c3cc(c(CO)cc3CCN1C)Oc1c(O)c(OC)cc3c1[C@H](C2)N(C)CC3.COc1ccc2cc1Oc1ccc(cc1)C[C@H]1c3cc(c(CO)cc3CCN1C)Oc1c(OC)c(OC)cc3c1[C@H](C2)N(C)CC3. The quantitative estimate of drug-likeness (QED) is 0.0855. The first-order chi connectivity index (χ1) is 66.1. The van der Waals surface area contributed by atoms with Crippen LogP contribution in [0.5, 0.6) is 121 Å². The number of aromatic hydroxyl groups is 2. The Hall–Kier alpha value is -12.7. The first kappa shape index (κ1) is 92.4. The maximum Gasteiger partial charge on any atom is 0.204 e. The summed E-state index contributed by atoms with van der Waals surface area (Å²) >= 11 is 0. The van der Waals surface area contributed by atoms with Crippen LogP contribution in [0.1, 0.15) is 153 Å². The molecule has 0 saturated carbocycles.